The van der Waals surface area contributed by atoms with Crippen LogP contribution in [0.5, 0.6) is 0 Å². The molecule has 0 atom stereocenters. The fourth-order valence-electron chi connectivity index (χ4n) is 1.86. The number of carboxylic acid groups (broad SMARTS) is 1. The predicted octanol–water partition coefficient (Wildman–Crippen LogP) is 2.66. The molecule has 1 heterocycles. The Morgan fingerprint density at radius 1 is 1.44 bits per heavy atom. The van der Waals surface area contributed by atoms with Crippen molar-refractivity contribution in [2.24, 2.45) is 0 Å². The van der Waals surface area contributed by atoms with Crippen molar-refractivity contribution in [3.05, 3.63) is 47.5 Å². The lowest BCUT2D eigenvalue weighted by molar-refractivity contribution is 0.0695. The van der Waals surface area contributed by atoms with Crippen molar-refractivity contribution in [2.75, 3.05) is 0 Å². The van der Waals surface area contributed by atoms with Crippen molar-refractivity contribution in [3.63, 3.8) is 0 Å². The van der Waals surface area contributed by atoms with E-state index in [-0.39, 0.29) is 11.3 Å². The highest BCUT2D eigenvalue weighted by Gasteiger charge is 2.18. The van der Waals surface area contributed by atoms with E-state index in [2.05, 4.69) is 5.10 Å². The number of hydrogen-bond acceptors (Lipinski definition) is 2. The molecule has 0 unspecified atom stereocenters. The van der Waals surface area contributed by atoms with E-state index in [4.69, 9.17) is 5.11 Å². The molecule has 0 fully saturated rings. The largest absolute Gasteiger partial charge is 0.478 e. The standard InChI is InChI=1S/C13H13FN2O2/c1-2-5-11-9(13(17)18)8-15-16(11)12-7-4-3-6-10(12)14/h3-4,6-8H,2,5H2,1H3,(H,17,18). The second-order valence-electron chi connectivity index (χ2n) is 3.92. The van der Waals surface area contributed by atoms with Crippen LogP contribution in [-0.2, 0) is 6.42 Å². The Hall–Kier alpha value is -2.17. The average Bonchev–Trinajstić information content (AvgIpc) is 2.74. The van der Waals surface area contributed by atoms with Gasteiger partial charge in [0, 0.05) is 0 Å². The van der Waals surface area contributed by atoms with Gasteiger partial charge < -0.3 is 5.11 Å². The highest BCUT2D eigenvalue weighted by Crippen LogP contribution is 2.19. The minimum absolute atomic E-state index is 0.125. The number of aromatic carboxylic acids is 1. The smallest absolute Gasteiger partial charge is 0.339 e. The fourth-order valence-corrected chi connectivity index (χ4v) is 1.86. The Labute approximate surface area is 104 Å². The minimum Gasteiger partial charge on any atom is -0.478 e. The summed E-state index contributed by atoms with van der Waals surface area (Å²) in [4.78, 5) is 11.1. The zero-order valence-corrected chi connectivity index (χ0v) is 9.93. The van der Waals surface area contributed by atoms with E-state index in [0.29, 0.717) is 12.1 Å². The van der Waals surface area contributed by atoms with Crippen molar-refractivity contribution in [1.82, 2.24) is 9.78 Å². The van der Waals surface area contributed by atoms with Gasteiger partial charge in [0.25, 0.3) is 0 Å². The van der Waals surface area contributed by atoms with Gasteiger partial charge in [0.2, 0.25) is 0 Å². The lowest BCUT2D eigenvalue weighted by Crippen LogP contribution is -2.07. The van der Waals surface area contributed by atoms with Crippen molar-refractivity contribution >= 4 is 5.97 Å². The van der Waals surface area contributed by atoms with E-state index >= 15 is 0 Å². The Morgan fingerprint density at radius 3 is 2.78 bits per heavy atom. The number of benzene rings is 1. The van der Waals surface area contributed by atoms with E-state index in [9.17, 15) is 9.18 Å². The number of carboxylic acids is 1. The second kappa shape index (κ2) is 5.00. The van der Waals surface area contributed by atoms with Crippen LogP contribution in [0, 0.1) is 5.82 Å². The summed E-state index contributed by atoms with van der Waals surface area (Å²) in [6.45, 7) is 1.93. The monoisotopic (exact) mass is 248 g/mol. The summed E-state index contributed by atoms with van der Waals surface area (Å²) in [5, 5.41) is 13.1. The number of carbonyl (C=O) groups is 1. The van der Waals surface area contributed by atoms with Crippen LogP contribution in [0.4, 0.5) is 4.39 Å². The summed E-state index contributed by atoms with van der Waals surface area (Å²) in [6.07, 6.45) is 2.57. The van der Waals surface area contributed by atoms with Crippen LogP contribution in [0.2, 0.25) is 0 Å². The molecule has 4 nitrogen and oxygen atoms in total. The Bertz CT molecular complexity index is 578. The summed E-state index contributed by atoms with van der Waals surface area (Å²) >= 11 is 0. The van der Waals surface area contributed by atoms with Crippen molar-refractivity contribution in [3.8, 4) is 5.69 Å². The molecule has 0 aliphatic carbocycles. The van der Waals surface area contributed by atoms with Gasteiger partial charge in [-0.25, -0.2) is 13.9 Å². The first-order valence-corrected chi connectivity index (χ1v) is 5.70. The van der Waals surface area contributed by atoms with Gasteiger partial charge in [-0.3, -0.25) is 0 Å². The van der Waals surface area contributed by atoms with Crippen LogP contribution >= 0.6 is 0 Å². The lowest BCUT2D eigenvalue weighted by atomic mass is 10.1. The Morgan fingerprint density at radius 2 is 2.17 bits per heavy atom. The van der Waals surface area contributed by atoms with E-state index < -0.39 is 11.8 Å². The summed E-state index contributed by atoms with van der Waals surface area (Å²) in [6, 6.07) is 6.18. The molecule has 0 aliphatic heterocycles. The predicted molar refractivity (Wildman–Crippen MR) is 64.5 cm³/mol. The first-order chi connectivity index (χ1) is 8.65. The molecule has 2 aromatic rings. The molecule has 0 spiro atoms. The van der Waals surface area contributed by atoms with Crippen LogP contribution in [0.3, 0.4) is 0 Å². The molecule has 1 aromatic carbocycles. The Kier molecular flexibility index (Phi) is 3.41. The molecular weight excluding hydrogens is 235 g/mol. The maximum atomic E-state index is 13.7. The molecule has 0 radical (unpaired) electrons. The van der Waals surface area contributed by atoms with Gasteiger partial charge >= 0.3 is 5.97 Å². The molecular formula is C13H13FN2O2. The molecule has 5 heteroatoms. The molecule has 18 heavy (non-hydrogen) atoms. The topological polar surface area (TPSA) is 55.1 Å². The molecule has 0 aliphatic rings. The van der Waals surface area contributed by atoms with Gasteiger partial charge in [-0.05, 0) is 18.6 Å². The van der Waals surface area contributed by atoms with Gasteiger partial charge in [-0.2, -0.15) is 5.10 Å². The fraction of sp³-hybridized carbons (Fsp3) is 0.231. The third-order valence-electron chi connectivity index (χ3n) is 2.67. The maximum Gasteiger partial charge on any atom is 0.339 e. The lowest BCUT2D eigenvalue weighted by Gasteiger charge is -2.08. The molecule has 1 aromatic heterocycles. The van der Waals surface area contributed by atoms with Crippen LogP contribution < -0.4 is 0 Å². The van der Waals surface area contributed by atoms with Crippen LogP contribution in [0.1, 0.15) is 29.4 Å². The third-order valence-corrected chi connectivity index (χ3v) is 2.67. The third kappa shape index (κ3) is 2.11. The van der Waals surface area contributed by atoms with E-state index in [1.165, 1.54) is 16.9 Å². The van der Waals surface area contributed by atoms with Gasteiger partial charge in [0.15, 0.2) is 0 Å². The van der Waals surface area contributed by atoms with Crippen molar-refractivity contribution in [1.29, 1.82) is 0 Å². The Balaban J connectivity index is 2.58. The zero-order valence-electron chi connectivity index (χ0n) is 9.93. The van der Waals surface area contributed by atoms with Crippen LogP contribution in [0.25, 0.3) is 5.69 Å². The van der Waals surface area contributed by atoms with E-state index in [1.54, 1.807) is 18.2 Å². The number of hydrogen-bond donors (Lipinski definition) is 1. The molecule has 94 valence electrons. The highest BCUT2D eigenvalue weighted by molar-refractivity contribution is 5.88. The minimum atomic E-state index is -1.04. The van der Waals surface area contributed by atoms with E-state index in [0.717, 1.165) is 6.42 Å². The number of para-hydroxylation sites is 1. The SMILES string of the molecule is CCCc1c(C(=O)O)cnn1-c1ccccc1F. The van der Waals surface area contributed by atoms with Gasteiger partial charge in [0.1, 0.15) is 17.1 Å². The highest BCUT2D eigenvalue weighted by atomic mass is 19.1. The van der Waals surface area contributed by atoms with Crippen LogP contribution in [0.15, 0.2) is 30.5 Å². The van der Waals surface area contributed by atoms with Crippen LogP contribution in [-0.4, -0.2) is 20.9 Å². The molecule has 0 bridgehead atoms. The number of halogens is 1. The first kappa shape index (κ1) is 12.3. The molecule has 1 N–H and O–H groups in total. The molecule has 0 amide bonds. The quantitative estimate of drug-likeness (QED) is 0.905. The summed E-state index contributed by atoms with van der Waals surface area (Å²) in [7, 11) is 0. The summed E-state index contributed by atoms with van der Waals surface area (Å²) < 4.78 is 15.1. The number of aromatic nitrogens is 2. The van der Waals surface area contributed by atoms with Gasteiger partial charge in [-0.15, -0.1) is 0 Å². The first-order valence-electron chi connectivity index (χ1n) is 5.70. The summed E-state index contributed by atoms with van der Waals surface area (Å²) in [5.41, 5.74) is 0.920. The zero-order chi connectivity index (χ0) is 13.1. The van der Waals surface area contributed by atoms with Crippen molar-refractivity contribution < 1.29 is 14.3 Å². The van der Waals surface area contributed by atoms with Crippen molar-refractivity contribution in [2.45, 2.75) is 19.8 Å². The molecule has 0 saturated heterocycles. The van der Waals surface area contributed by atoms with Gasteiger partial charge in [-0.1, -0.05) is 25.5 Å². The molecule has 0 saturated carbocycles. The maximum absolute atomic E-state index is 13.7. The molecule has 2 rings (SSSR count). The number of nitrogens with zero attached hydrogens (tertiary/aromatic N) is 2. The number of rotatable bonds is 4. The summed E-state index contributed by atoms with van der Waals surface area (Å²) in [5.74, 6) is -1.46. The normalized spacial score (nSPS) is 10.6. The average molecular weight is 248 g/mol. The second-order valence-corrected chi connectivity index (χ2v) is 3.92. The van der Waals surface area contributed by atoms with E-state index in [1.807, 2.05) is 6.92 Å². The van der Waals surface area contributed by atoms with Gasteiger partial charge in [0.05, 0.1) is 11.9 Å².